The van der Waals surface area contributed by atoms with E-state index in [-0.39, 0.29) is 11.6 Å². The quantitative estimate of drug-likeness (QED) is 0.847. The van der Waals surface area contributed by atoms with Gasteiger partial charge >= 0.3 is 0 Å². The minimum Gasteiger partial charge on any atom is -0.398 e. The van der Waals surface area contributed by atoms with Gasteiger partial charge in [0.25, 0.3) is 0 Å². The van der Waals surface area contributed by atoms with E-state index in [1.807, 2.05) is 28.9 Å². The van der Waals surface area contributed by atoms with Crippen LogP contribution in [-0.4, -0.2) is 32.4 Å². The third kappa shape index (κ3) is 2.38. The smallest absolute Gasteiger partial charge is 0.184 e. The highest BCUT2D eigenvalue weighted by molar-refractivity contribution is 5.71. The highest BCUT2D eigenvalue weighted by Gasteiger charge is 2.32. The second-order valence-corrected chi connectivity index (χ2v) is 5.79. The molecule has 2 N–H and O–H groups in total. The standard InChI is InChI=1S/C14H19N5O/c1-14(2)9-10(7-8-20-14)19-13(16-17-18-19)11-5-3-4-6-12(11)15/h3-6,10H,7-9,15H2,1-2H3. The molecule has 0 saturated carbocycles. The monoisotopic (exact) mass is 273 g/mol. The Morgan fingerprint density at radius 1 is 1.35 bits per heavy atom. The maximum Gasteiger partial charge on any atom is 0.184 e. The van der Waals surface area contributed by atoms with Crippen LogP contribution in [0.2, 0.25) is 0 Å². The molecule has 1 aromatic carbocycles. The van der Waals surface area contributed by atoms with E-state index in [1.165, 1.54) is 0 Å². The molecule has 1 saturated heterocycles. The molecule has 0 radical (unpaired) electrons. The van der Waals surface area contributed by atoms with E-state index < -0.39 is 0 Å². The second kappa shape index (κ2) is 4.86. The molecule has 3 rings (SSSR count). The Balaban J connectivity index is 1.97. The Morgan fingerprint density at radius 2 is 2.15 bits per heavy atom. The molecule has 0 aliphatic carbocycles. The molecule has 20 heavy (non-hydrogen) atoms. The molecule has 1 unspecified atom stereocenters. The van der Waals surface area contributed by atoms with Gasteiger partial charge in [0.2, 0.25) is 0 Å². The van der Waals surface area contributed by atoms with Crippen molar-refractivity contribution in [1.29, 1.82) is 0 Å². The first kappa shape index (κ1) is 13.1. The van der Waals surface area contributed by atoms with Crippen molar-refractivity contribution in [3.8, 4) is 11.4 Å². The maximum absolute atomic E-state index is 6.03. The molecule has 6 heteroatoms. The summed E-state index contributed by atoms with van der Waals surface area (Å²) in [6, 6.07) is 7.90. The Kier molecular flexibility index (Phi) is 3.17. The molecule has 6 nitrogen and oxygen atoms in total. The normalized spacial score (nSPS) is 21.8. The summed E-state index contributed by atoms with van der Waals surface area (Å²) in [6.07, 6.45) is 1.80. The summed E-state index contributed by atoms with van der Waals surface area (Å²) in [7, 11) is 0. The zero-order valence-electron chi connectivity index (χ0n) is 11.8. The first-order valence-corrected chi connectivity index (χ1v) is 6.83. The molecular formula is C14H19N5O. The van der Waals surface area contributed by atoms with Gasteiger partial charge in [-0.15, -0.1) is 5.10 Å². The van der Waals surface area contributed by atoms with Crippen LogP contribution in [0.1, 0.15) is 32.7 Å². The minimum atomic E-state index is -0.144. The Morgan fingerprint density at radius 3 is 2.90 bits per heavy atom. The average Bonchev–Trinajstić information content (AvgIpc) is 2.87. The lowest BCUT2D eigenvalue weighted by atomic mass is 9.94. The van der Waals surface area contributed by atoms with Crippen molar-refractivity contribution in [1.82, 2.24) is 20.2 Å². The lowest BCUT2D eigenvalue weighted by molar-refractivity contribution is -0.0707. The first-order chi connectivity index (χ1) is 9.57. The number of nitrogens with two attached hydrogens (primary N) is 1. The third-order valence-corrected chi connectivity index (χ3v) is 3.71. The van der Waals surface area contributed by atoms with Crippen molar-refractivity contribution >= 4 is 5.69 Å². The molecule has 106 valence electrons. The Bertz CT molecular complexity index is 607. The molecule has 2 heterocycles. The fourth-order valence-electron chi connectivity index (χ4n) is 2.73. The summed E-state index contributed by atoms with van der Waals surface area (Å²) in [4.78, 5) is 0. The molecule has 1 atom stereocenters. The van der Waals surface area contributed by atoms with E-state index in [0.29, 0.717) is 5.69 Å². The number of rotatable bonds is 2. The minimum absolute atomic E-state index is 0.144. The number of benzene rings is 1. The molecule has 1 aliphatic heterocycles. The van der Waals surface area contributed by atoms with Crippen LogP contribution >= 0.6 is 0 Å². The molecule has 0 amide bonds. The molecule has 0 bridgehead atoms. The lowest BCUT2D eigenvalue weighted by Crippen LogP contribution is -2.35. The summed E-state index contributed by atoms with van der Waals surface area (Å²) in [5.74, 6) is 0.728. The van der Waals surface area contributed by atoms with Crippen molar-refractivity contribution in [2.24, 2.45) is 0 Å². The fraction of sp³-hybridized carbons (Fsp3) is 0.500. The summed E-state index contributed by atoms with van der Waals surface area (Å²) < 4.78 is 7.64. The zero-order chi connectivity index (χ0) is 14.2. The van der Waals surface area contributed by atoms with Crippen molar-refractivity contribution in [2.75, 3.05) is 12.3 Å². The molecule has 1 aromatic heterocycles. The van der Waals surface area contributed by atoms with E-state index in [4.69, 9.17) is 10.5 Å². The highest BCUT2D eigenvalue weighted by Crippen LogP contribution is 2.34. The number of anilines is 1. The van der Waals surface area contributed by atoms with Crippen molar-refractivity contribution < 1.29 is 4.74 Å². The van der Waals surface area contributed by atoms with Gasteiger partial charge in [0, 0.05) is 17.9 Å². The van der Waals surface area contributed by atoms with E-state index in [1.54, 1.807) is 0 Å². The summed E-state index contributed by atoms with van der Waals surface area (Å²) in [6.45, 7) is 4.92. The van der Waals surface area contributed by atoms with Crippen molar-refractivity contribution in [2.45, 2.75) is 38.3 Å². The molecule has 0 spiro atoms. The van der Waals surface area contributed by atoms with Gasteiger partial charge in [-0.05, 0) is 49.2 Å². The number of para-hydroxylation sites is 1. The predicted molar refractivity (Wildman–Crippen MR) is 76.0 cm³/mol. The lowest BCUT2D eigenvalue weighted by Gasteiger charge is -2.35. The number of tetrazole rings is 1. The number of hydrogen-bond acceptors (Lipinski definition) is 5. The SMILES string of the molecule is CC1(C)CC(n2nnnc2-c2ccccc2N)CCO1. The van der Waals surface area contributed by atoms with Crippen LogP contribution in [0.25, 0.3) is 11.4 Å². The molecular weight excluding hydrogens is 254 g/mol. The van der Waals surface area contributed by atoms with Gasteiger partial charge in [-0.25, -0.2) is 4.68 Å². The van der Waals surface area contributed by atoms with Gasteiger partial charge in [0.1, 0.15) is 0 Å². The van der Waals surface area contributed by atoms with Crippen LogP contribution in [0.5, 0.6) is 0 Å². The van der Waals surface area contributed by atoms with Crippen LogP contribution < -0.4 is 5.73 Å². The highest BCUT2D eigenvalue weighted by atomic mass is 16.5. The van der Waals surface area contributed by atoms with E-state index in [9.17, 15) is 0 Å². The fourth-order valence-corrected chi connectivity index (χ4v) is 2.73. The van der Waals surface area contributed by atoms with Gasteiger partial charge in [0.15, 0.2) is 5.82 Å². The van der Waals surface area contributed by atoms with Gasteiger partial charge in [-0.2, -0.15) is 0 Å². The Hall–Kier alpha value is -1.95. The molecule has 1 fully saturated rings. The third-order valence-electron chi connectivity index (χ3n) is 3.71. The first-order valence-electron chi connectivity index (χ1n) is 6.83. The van der Waals surface area contributed by atoms with Gasteiger partial charge in [-0.1, -0.05) is 12.1 Å². The average molecular weight is 273 g/mol. The van der Waals surface area contributed by atoms with Crippen LogP contribution in [0.3, 0.4) is 0 Å². The van der Waals surface area contributed by atoms with Crippen LogP contribution in [0, 0.1) is 0 Å². The van der Waals surface area contributed by atoms with E-state index in [0.717, 1.165) is 30.8 Å². The number of hydrogen-bond donors (Lipinski definition) is 1. The van der Waals surface area contributed by atoms with Crippen molar-refractivity contribution in [3.05, 3.63) is 24.3 Å². The molecule has 1 aliphatic rings. The topological polar surface area (TPSA) is 78.9 Å². The largest absolute Gasteiger partial charge is 0.398 e. The summed E-state index contributed by atoms with van der Waals surface area (Å²) >= 11 is 0. The summed E-state index contributed by atoms with van der Waals surface area (Å²) in [5, 5.41) is 12.1. The van der Waals surface area contributed by atoms with Crippen LogP contribution in [0.4, 0.5) is 5.69 Å². The number of ether oxygens (including phenoxy) is 1. The number of nitrogens with zero attached hydrogens (tertiary/aromatic N) is 4. The van der Waals surface area contributed by atoms with Crippen LogP contribution in [-0.2, 0) is 4.74 Å². The van der Waals surface area contributed by atoms with Gasteiger partial charge < -0.3 is 10.5 Å². The number of nitrogen functional groups attached to an aromatic ring is 1. The zero-order valence-corrected chi connectivity index (χ0v) is 11.8. The van der Waals surface area contributed by atoms with E-state index >= 15 is 0 Å². The van der Waals surface area contributed by atoms with Crippen LogP contribution in [0.15, 0.2) is 24.3 Å². The Labute approximate surface area is 117 Å². The summed E-state index contributed by atoms with van der Waals surface area (Å²) in [5.41, 5.74) is 7.45. The second-order valence-electron chi connectivity index (χ2n) is 5.79. The van der Waals surface area contributed by atoms with E-state index in [2.05, 4.69) is 29.4 Å². The number of aromatic nitrogens is 4. The predicted octanol–water partition coefficient (Wildman–Crippen LogP) is 2.05. The van der Waals surface area contributed by atoms with Gasteiger partial charge in [0.05, 0.1) is 11.6 Å². The van der Waals surface area contributed by atoms with Crippen molar-refractivity contribution in [3.63, 3.8) is 0 Å². The van der Waals surface area contributed by atoms with Gasteiger partial charge in [-0.3, -0.25) is 0 Å². The maximum atomic E-state index is 6.03. The molecule has 2 aromatic rings.